The van der Waals surface area contributed by atoms with Crippen molar-refractivity contribution in [2.24, 2.45) is 0 Å². The van der Waals surface area contributed by atoms with E-state index in [4.69, 9.17) is 23.2 Å². The predicted octanol–water partition coefficient (Wildman–Crippen LogP) is 4.00. The van der Waals surface area contributed by atoms with Crippen LogP contribution in [0.1, 0.15) is 32.8 Å². The fraction of sp³-hybridized carbons (Fsp3) is 0.391. The Kier molecular flexibility index (Phi) is 10.1. The van der Waals surface area contributed by atoms with Crippen molar-refractivity contribution in [3.8, 4) is 0 Å². The van der Waals surface area contributed by atoms with Crippen molar-refractivity contribution in [3.05, 3.63) is 68.2 Å². The number of non-ortho nitro benzene ring substituents is 1. The molecular weight excluding hydrogens is 531 g/mol. The van der Waals surface area contributed by atoms with Crippen LogP contribution in [0.15, 0.2) is 42.5 Å². The van der Waals surface area contributed by atoms with Crippen LogP contribution < -0.4 is 9.62 Å². The molecule has 0 aromatic heterocycles. The quantitative estimate of drug-likeness (QED) is 0.327. The van der Waals surface area contributed by atoms with Crippen LogP contribution in [0, 0.1) is 10.1 Å². The summed E-state index contributed by atoms with van der Waals surface area (Å²) in [7, 11) is -4.04. The minimum atomic E-state index is -4.04. The molecule has 0 spiro atoms. The Morgan fingerprint density at radius 3 is 2.22 bits per heavy atom. The van der Waals surface area contributed by atoms with E-state index in [0.29, 0.717) is 12.0 Å². The first-order chi connectivity index (χ1) is 16.8. The van der Waals surface area contributed by atoms with Gasteiger partial charge in [-0.3, -0.25) is 24.0 Å². The molecule has 13 heteroatoms. The topological polar surface area (TPSA) is 130 Å². The van der Waals surface area contributed by atoms with Gasteiger partial charge in [0.05, 0.1) is 16.9 Å². The first-order valence-corrected chi connectivity index (χ1v) is 13.6. The molecule has 0 bridgehead atoms. The largest absolute Gasteiger partial charge is 0.352 e. The zero-order valence-electron chi connectivity index (χ0n) is 20.3. The molecule has 0 aliphatic heterocycles. The summed E-state index contributed by atoms with van der Waals surface area (Å²) < 4.78 is 25.9. The molecule has 36 heavy (non-hydrogen) atoms. The number of sulfonamides is 1. The van der Waals surface area contributed by atoms with Crippen LogP contribution in [-0.4, -0.2) is 54.9 Å². The van der Waals surface area contributed by atoms with E-state index in [0.717, 1.165) is 16.6 Å². The highest BCUT2D eigenvalue weighted by Gasteiger charge is 2.31. The van der Waals surface area contributed by atoms with Crippen LogP contribution in [0.4, 0.5) is 11.4 Å². The Morgan fingerprint density at radius 2 is 1.69 bits per heavy atom. The van der Waals surface area contributed by atoms with Crippen LogP contribution in [0.25, 0.3) is 0 Å². The molecule has 2 aromatic rings. The maximum atomic E-state index is 13.5. The lowest BCUT2D eigenvalue weighted by atomic mass is 10.1. The number of rotatable bonds is 11. The molecule has 0 aliphatic carbocycles. The van der Waals surface area contributed by atoms with Crippen LogP contribution in [0.5, 0.6) is 0 Å². The third kappa shape index (κ3) is 7.55. The Balaban J connectivity index is 2.48. The number of nitro benzene ring substituents is 1. The number of carbonyl (C=O) groups excluding carboxylic acids is 2. The van der Waals surface area contributed by atoms with Gasteiger partial charge in [-0.05, 0) is 38.5 Å². The van der Waals surface area contributed by atoms with Gasteiger partial charge in [0.2, 0.25) is 21.8 Å². The lowest BCUT2D eigenvalue weighted by molar-refractivity contribution is -0.384. The van der Waals surface area contributed by atoms with Crippen molar-refractivity contribution in [3.63, 3.8) is 0 Å². The van der Waals surface area contributed by atoms with Crippen LogP contribution in [0.2, 0.25) is 10.0 Å². The summed E-state index contributed by atoms with van der Waals surface area (Å²) in [4.78, 5) is 38.2. The molecule has 0 saturated carbocycles. The lowest BCUT2D eigenvalue weighted by Crippen LogP contribution is -2.52. The Hall–Kier alpha value is -2.89. The number of halogens is 2. The van der Waals surface area contributed by atoms with Gasteiger partial charge in [0, 0.05) is 40.3 Å². The number of carbonyl (C=O) groups is 2. The number of hydrogen-bond acceptors (Lipinski definition) is 6. The molecule has 0 saturated heterocycles. The van der Waals surface area contributed by atoms with Gasteiger partial charge in [-0.1, -0.05) is 42.3 Å². The van der Waals surface area contributed by atoms with Crippen molar-refractivity contribution in [1.82, 2.24) is 10.2 Å². The van der Waals surface area contributed by atoms with Crippen molar-refractivity contribution >= 4 is 56.4 Å². The Bertz CT molecular complexity index is 1220. The Morgan fingerprint density at radius 1 is 1.11 bits per heavy atom. The van der Waals surface area contributed by atoms with E-state index in [1.165, 1.54) is 30.0 Å². The summed E-state index contributed by atoms with van der Waals surface area (Å²) in [6, 6.07) is 8.57. The van der Waals surface area contributed by atoms with E-state index in [1.807, 2.05) is 13.8 Å². The second kappa shape index (κ2) is 12.4. The molecule has 0 radical (unpaired) electrons. The van der Waals surface area contributed by atoms with E-state index in [1.54, 1.807) is 18.2 Å². The van der Waals surface area contributed by atoms with Crippen molar-refractivity contribution in [2.75, 3.05) is 17.1 Å². The fourth-order valence-corrected chi connectivity index (χ4v) is 4.64. The van der Waals surface area contributed by atoms with Gasteiger partial charge in [0.1, 0.15) is 12.6 Å². The molecule has 2 atom stereocenters. The molecule has 2 rings (SSSR count). The van der Waals surface area contributed by atoms with Crippen molar-refractivity contribution in [2.45, 2.75) is 45.8 Å². The minimum Gasteiger partial charge on any atom is -0.352 e. The van der Waals surface area contributed by atoms with Crippen molar-refractivity contribution in [1.29, 1.82) is 0 Å². The fourth-order valence-electron chi connectivity index (χ4n) is 3.28. The molecule has 196 valence electrons. The normalized spacial score (nSPS) is 12.9. The van der Waals surface area contributed by atoms with Crippen LogP contribution in [0.3, 0.4) is 0 Å². The molecular formula is C23H28Cl2N4O6S. The summed E-state index contributed by atoms with van der Waals surface area (Å²) in [6.07, 6.45) is 1.55. The molecule has 2 amide bonds. The lowest BCUT2D eigenvalue weighted by Gasteiger charge is -2.32. The number of nitro groups is 1. The second-order valence-electron chi connectivity index (χ2n) is 8.26. The predicted molar refractivity (Wildman–Crippen MR) is 140 cm³/mol. The first kappa shape index (κ1) is 29.3. The number of benzene rings is 2. The SMILES string of the molecule is CC[C@H](C)NC(=O)[C@@H](C)N(Cc1c(Cl)cccc1Cl)C(=O)CN(c1cccc([N+](=O)[O-])c1)S(C)(=O)=O. The maximum absolute atomic E-state index is 13.5. The molecule has 0 fully saturated rings. The minimum absolute atomic E-state index is 0.0625. The van der Waals surface area contributed by atoms with Crippen LogP contribution in [-0.2, 0) is 26.2 Å². The molecule has 10 nitrogen and oxygen atoms in total. The summed E-state index contributed by atoms with van der Waals surface area (Å²) in [6.45, 7) is 4.35. The smallest absolute Gasteiger partial charge is 0.271 e. The molecule has 1 N–H and O–H groups in total. The van der Waals surface area contributed by atoms with Crippen molar-refractivity contribution < 1.29 is 22.9 Å². The third-order valence-corrected chi connectivity index (χ3v) is 7.42. The highest BCUT2D eigenvalue weighted by Crippen LogP contribution is 2.28. The van der Waals surface area contributed by atoms with Gasteiger partial charge in [-0.2, -0.15) is 0 Å². The van der Waals surface area contributed by atoms with Gasteiger partial charge in [0.25, 0.3) is 5.69 Å². The summed E-state index contributed by atoms with van der Waals surface area (Å²) in [5.74, 6) is -1.17. The molecule has 0 aliphatic rings. The van der Waals surface area contributed by atoms with E-state index >= 15 is 0 Å². The van der Waals surface area contributed by atoms with Gasteiger partial charge in [-0.25, -0.2) is 8.42 Å². The Labute approximate surface area is 220 Å². The van der Waals surface area contributed by atoms with E-state index < -0.39 is 39.3 Å². The third-order valence-electron chi connectivity index (χ3n) is 5.57. The average Bonchev–Trinajstić information content (AvgIpc) is 2.81. The standard InChI is InChI=1S/C23H28Cl2N4O6S/c1-5-15(2)26-23(31)16(3)27(13-19-20(24)10-7-11-21(19)25)22(30)14-28(36(4,34)35)17-8-6-9-18(12-17)29(32)33/h6-12,15-16H,5,13-14H2,1-4H3,(H,26,31)/t15-,16+/m0/s1. The number of nitrogens with zero attached hydrogens (tertiary/aromatic N) is 3. The second-order valence-corrected chi connectivity index (χ2v) is 11.0. The zero-order chi connectivity index (χ0) is 27.2. The number of hydrogen-bond donors (Lipinski definition) is 1. The molecule has 2 aromatic carbocycles. The maximum Gasteiger partial charge on any atom is 0.271 e. The van der Waals surface area contributed by atoms with E-state index in [-0.39, 0.29) is 34.0 Å². The summed E-state index contributed by atoms with van der Waals surface area (Å²) in [5, 5.41) is 14.5. The van der Waals surface area contributed by atoms with E-state index in [2.05, 4.69) is 5.32 Å². The molecule has 0 unspecified atom stereocenters. The van der Waals surface area contributed by atoms with Gasteiger partial charge in [-0.15, -0.1) is 0 Å². The monoisotopic (exact) mass is 558 g/mol. The number of anilines is 1. The van der Waals surface area contributed by atoms with Gasteiger partial charge in [0.15, 0.2) is 0 Å². The zero-order valence-corrected chi connectivity index (χ0v) is 22.6. The molecule has 0 heterocycles. The number of amides is 2. The van der Waals surface area contributed by atoms with Gasteiger partial charge < -0.3 is 10.2 Å². The highest BCUT2D eigenvalue weighted by molar-refractivity contribution is 7.92. The first-order valence-electron chi connectivity index (χ1n) is 11.0. The highest BCUT2D eigenvalue weighted by atomic mass is 35.5. The van der Waals surface area contributed by atoms with E-state index in [9.17, 15) is 28.1 Å². The van der Waals surface area contributed by atoms with Crippen LogP contribution >= 0.6 is 23.2 Å². The van der Waals surface area contributed by atoms with Gasteiger partial charge >= 0.3 is 0 Å². The average molecular weight is 559 g/mol. The number of nitrogens with one attached hydrogen (secondary N) is 1. The summed E-state index contributed by atoms with van der Waals surface area (Å²) >= 11 is 12.6. The summed E-state index contributed by atoms with van der Waals surface area (Å²) in [5.41, 5.74) is -0.0132.